The van der Waals surface area contributed by atoms with Crippen LogP contribution in [0, 0.1) is 12.7 Å². The molecule has 9 heteroatoms. The Morgan fingerprint density at radius 1 is 1.12 bits per heavy atom. The highest BCUT2D eigenvalue weighted by Gasteiger charge is 2.24. The maximum absolute atomic E-state index is 13.7. The Kier molecular flexibility index (Phi) is 6.72. The number of anilines is 1. The first-order chi connectivity index (χ1) is 15.5. The van der Waals surface area contributed by atoms with Crippen molar-refractivity contribution in [3.8, 4) is 11.4 Å². The van der Waals surface area contributed by atoms with Gasteiger partial charge in [0.1, 0.15) is 18.2 Å². The van der Waals surface area contributed by atoms with Gasteiger partial charge in [0.15, 0.2) is 5.82 Å². The van der Waals surface area contributed by atoms with Crippen molar-refractivity contribution in [2.45, 2.75) is 39.7 Å². The third-order valence-corrected chi connectivity index (χ3v) is 5.67. The summed E-state index contributed by atoms with van der Waals surface area (Å²) in [5, 5.41) is 4.61. The van der Waals surface area contributed by atoms with E-state index in [9.17, 15) is 9.18 Å². The first-order valence-electron chi connectivity index (χ1n) is 11.0. The minimum absolute atomic E-state index is 0.0168. The van der Waals surface area contributed by atoms with Crippen molar-refractivity contribution in [3.05, 3.63) is 53.9 Å². The number of hydrogen-bond acceptors (Lipinski definition) is 6. The number of rotatable bonds is 7. The molecule has 0 radical (unpaired) electrons. The molecule has 1 aliphatic rings. The van der Waals surface area contributed by atoms with Crippen molar-refractivity contribution in [2.24, 2.45) is 0 Å². The molecule has 0 N–H and O–H groups in total. The van der Waals surface area contributed by atoms with E-state index in [1.54, 1.807) is 42.2 Å². The summed E-state index contributed by atoms with van der Waals surface area (Å²) < 4.78 is 15.4. The van der Waals surface area contributed by atoms with Crippen LogP contribution in [-0.2, 0) is 17.8 Å². The molecule has 3 heterocycles. The molecule has 32 heavy (non-hydrogen) atoms. The van der Waals surface area contributed by atoms with Crippen LogP contribution in [0.3, 0.4) is 0 Å². The Balaban J connectivity index is 1.46. The van der Waals surface area contributed by atoms with Gasteiger partial charge in [-0.2, -0.15) is 5.10 Å². The minimum Gasteiger partial charge on any atom is -0.338 e. The molecule has 0 spiro atoms. The molecule has 3 aromatic rings. The van der Waals surface area contributed by atoms with E-state index in [4.69, 9.17) is 0 Å². The second kappa shape index (κ2) is 9.84. The largest absolute Gasteiger partial charge is 0.338 e. The molecule has 1 amide bonds. The van der Waals surface area contributed by atoms with Crippen molar-refractivity contribution in [2.75, 3.05) is 31.1 Å². The van der Waals surface area contributed by atoms with E-state index in [0.717, 1.165) is 30.7 Å². The van der Waals surface area contributed by atoms with Gasteiger partial charge in [-0.1, -0.05) is 13.3 Å². The smallest absolute Gasteiger partial charge is 0.244 e. The molecule has 1 aromatic carbocycles. The van der Waals surface area contributed by atoms with E-state index in [-0.39, 0.29) is 18.3 Å². The predicted octanol–water partition coefficient (Wildman–Crippen LogP) is 2.87. The van der Waals surface area contributed by atoms with Gasteiger partial charge in [0.25, 0.3) is 0 Å². The molecule has 1 fully saturated rings. The quantitative estimate of drug-likeness (QED) is 0.566. The molecule has 0 saturated carbocycles. The number of carbonyl (C=O) groups is 1. The predicted molar refractivity (Wildman–Crippen MR) is 120 cm³/mol. The fraction of sp³-hybridized carbons (Fsp3) is 0.435. The number of piperazine rings is 1. The SMILES string of the molecule is CCCCc1nc(-c2ccc(F)c(C)c2)nn1CC(=O)N1CCN(c2ncccn2)CC1. The molecule has 0 bridgehead atoms. The third kappa shape index (κ3) is 4.92. The Morgan fingerprint density at radius 3 is 2.56 bits per heavy atom. The molecular formula is C23H28FN7O. The van der Waals surface area contributed by atoms with E-state index < -0.39 is 0 Å². The average Bonchev–Trinajstić information content (AvgIpc) is 3.22. The van der Waals surface area contributed by atoms with Gasteiger partial charge in [-0.3, -0.25) is 4.79 Å². The van der Waals surface area contributed by atoms with Gasteiger partial charge < -0.3 is 9.80 Å². The van der Waals surface area contributed by atoms with Gasteiger partial charge >= 0.3 is 0 Å². The molecule has 0 unspecified atom stereocenters. The van der Waals surface area contributed by atoms with Crippen molar-refractivity contribution in [1.29, 1.82) is 0 Å². The number of carbonyl (C=O) groups excluding carboxylic acids is 1. The summed E-state index contributed by atoms with van der Waals surface area (Å²) in [6.45, 7) is 6.59. The van der Waals surface area contributed by atoms with Gasteiger partial charge in [-0.15, -0.1) is 0 Å². The van der Waals surface area contributed by atoms with Gasteiger partial charge in [-0.25, -0.2) is 24.0 Å². The summed E-state index contributed by atoms with van der Waals surface area (Å²) in [4.78, 5) is 30.2. The third-order valence-electron chi connectivity index (χ3n) is 5.67. The van der Waals surface area contributed by atoms with Crippen LogP contribution in [0.2, 0.25) is 0 Å². The molecule has 1 saturated heterocycles. The molecule has 4 rings (SSSR count). The molecule has 0 atom stereocenters. The summed E-state index contributed by atoms with van der Waals surface area (Å²) in [5.74, 6) is 1.77. The van der Waals surface area contributed by atoms with Crippen molar-refractivity contribution in [1.82, 2.24) is 29.6 Å². The van der Waals surface area contributed by atoms with Crippen LogP contribution in [0.1, 0.15) is 31.2 Å². The van der Waals surface area contributed by atoms with Crippen LogP contribution in [0.5, 0.6) is 0 Å². The summed E-state index contributed by atoms with van der Waals surface area (Å²) in [7, 11) is 0. The molecule has 8 nitrogen and oxygen atoms in total. The highest BCUT2D eigenvalue weighted by Crippen LogP contribution is 2.20. The second-order valence-corrected chi connectivity index (χ2v) is 7.99. The highest BCUT2D eigenvalue weighted by molar-refractivity contribution is 5.76. The Labute approximate surface area is 187 Å². The number of nitrogens with zero attached hydrogens (tertiary/aromatic N) is 7. The number of aryl methyl sites for hydroxylation is 2. The maximum atomic E-state index is 13.7. The van der Waals surface area contributed by atoms with Crippen LogP contribution < -0.4 is 4.90 Å². The fourth-order valence-corrected chi connectivity index (χ4v) is 3.77. The van der Waals surface area contributed by atoms with Crippen molar-refractivity contribution < 1.29 is 9.18 Å². The lowest BCUT2D eigenvalue weighted by atomic mass is 10.1. The zero-order valence-electron chi connectivity index (χ0n) is 18.5. The van der Waals surface area contributed by atoms with Gasteiger partial charge in [0.05, 0.1) is 0 Å². The minimum atomic E-state index is -0.255. The fourth-order valence-electron chi connectivity index (χ4n) is 3.77. The molecule has 168 valence electrons. The Bertz CT molecular complexity index is 1060. The molecular weight excluding hydrogens is 409 g/mol. The van der Waals surface area contributed by atoms with Crippen LogP contribution in [0.25, 0.3) is 11.4 Å². The lowest BCUT2D eigenvalue weighted by Crippen LogP contribution is -2.50. The van der Waals surface area contributed by atoms with Crippen molar-refractivity contribution in [3.63, 3.8) is 0 Å². The summed E-state index contributed by atoms with van der Waals surface area (Å²) in [6, 6.07) is 6.64. The number of benzene rings is 1. The number of hydrogen-bond donors (Lipinski definition) is 0. The summed E-state index contributed by atoms with van der Waals surface area (Å²) in [5.41, 5.74) is 1.30. The van der Waals surface area contributed by atoms with Crippen LogP contribution >= 0.6 is 0 Å². The lowest BCUT2D eigenvalue weighted by molar-refractivity contribution is -0.132. The van der Waals surface area contributed by atoms with Crippen molar-refractivity contribution >= 4 is 11.9 Å². The number of aromatic nitrogens is 5. The standard InChI is InChI=1S/C23H28FN7O/c1-3-4-6-20-27-22(18-7-8-19(24)17(2)15-18)28-31(20)16-21(32)29-11-13-30(14-12-29)23-25-9-5-10-26-23/h5,7-10,15H,3-4,6,11-14,16H2,1-2H3. The summed E-state index contributed by atoms with van der Waals surface area (Å²) in [6.07, 6.45) is 6.18. The monoisotopic (exact) mass is 437 g/mol. The molecule has 1 aliphatic heterocycles. The highest BCUT2D eigenvalue weighted by atomic mass is 19.1. The van der Waals surface area contributed by atoms with Crippen LogP contribution in [-0.4, -0.2) is 61.7 Å². The lowest BCUT2D eigenvalue weighted by Gasteiger charge is -2.34. The zero-order chi connectivity index (χ0) is 22.5. The summed E-state index contributed by atoms with van der Waals surface area (Å²) >= 11 is 0. The first-order valence-corrected chi connectivity index (χ1v) is 11.0. The van der Waals surface area contributed by atoms with Crippen LogP contribution in [0.4, 0.5) is 10.3 Å². The molecule has 2 aromatic heterocycles. The second-order valence-electron chi connectivity index (χ2n) is 7.99. The maximum Gasteiger partial charge on any atom is 0.244 e. The average molecular weight is 438 g/mol. The van der Waals surface area contributed by atoms with Gasteiger partial charge in [-0.05, 0) is 43.2 Å². The number of amides is 1. The normalized spacial score (nSPS) is 14.1. The topological polar surface area (TPSA) is 80.0 Å². The zero-order valence-corrected chi connectivity index (χ0v) is 18.5. The van der Waals surface area contributed by atoms with E-state index in [0.29, 0.717) is 43.5 Å². The number of unbranched alkanes of at least 4 members (excludes halogenated alkanes) is 1. The van der Waals surface area contributed by atoms with Crippen LogP contribution in [0.15, 0.2) is 36.7 Å². The van der Waals surface area contributed by atoms with Gasteiger partial charge in [0, 0.05) is 50.6 Å². The Hall–Kier alpha value is -3.36. The first kappa shape index (κ1) is 21.9. The number of halogens is 1. The molecule has 0 aliphatic carbocycles. The van der Waals surface area contributed by atoms with E-state index in [1.807, 2.05) is 4.90 Å². The Morgan fingerprint density at radius 2 is 1.88 bits per heavy atom. The van der Waals surface area contributed by atoms with E-state index in [2.05, 4.69) is 31.9 Å². The van der Waals surface area contributed by atoms with E-state index >= 15 is 0 Å². The van der Waals surface area contributed by atoms with E-state index in [1.165, 1.54) is 6.07 Å². The van der Waals surface area contributed by atoms with Gasteiger partial charge in [0.2, 0.25) is 11.9 Å².